The van der Waals surface area contributed by atoms with E-state index in [1.165, 1.54) is 13.8 Å². The predicted octanol–water partition coefficient (Wildman–Crippen LogP) is 4.79. The molecule has 0 heterocycles. The lowest BCUT2D eigenvalue weighted by molar-refractivity contribution is -0.174. The molecule has 0 aliphatic heterocycles. The third kappa shape index (κ3) is 4.49. The third-order valence-electron chi connectivity index (χ3n) is 7.76. The number of carbonyl (C=O) groups excluding carboxylic acids is 3. The highest BCUT2D eigenvalue weighted by molar-refractivity contribution is 5.92. The summed E-state index contributed by atoms with van der Waals surface area (Å²) in [6, 6.07) is 0. The van der Waals surface area contributed by atoms with Gasteiger partial charge in [0.15, 0.2) is 5.78 Å². The van der Waals surface area contributed by atoms with Crippen LogP contribution in [0.4, 0.5) is 0 Å². The average molecular weight is 405 g/mol. The van der Waals surface area contributed by atoms with Gasteiger partial charge < -0.3 is 9.47 Å². The summed E-state index contributed by atoms with van der Waals surface area (Å²) in [7, 11) is 0. The molecule has 2 aliphatic rings. The zero-order valence-corrected chi connectivity index (χ0v) is 19.0. The summed E-state index contributed by atoms with van der Waals surface area (Å²) in [5.74, 6) is -0.282. The van der Waals surface area contributed by atoms with E-state index in [0.29, 0.717) is 19.3 Å². The van der Waals surface area contributed by atoms with Gasteiger partial charge >= 0.3 is 11.9 Å². The Bertz CT molecular complexity index is 738. The van der Waals surface area contributed by atoms with E-state index >= 15 is 0 Å². The van der Waals surface area contributed by atoms with Crippen molar-refractivity contribution in [2.45, 2.75) is 85.9 Å². The lowest BCUT2D eigenvalue weighted by Crippen LogP contribution is -2.57. The molecule has 0 amide bonds. The molecule has 1 fully saturated rings. The van der Waals surface area contributed by atoms with Gasteiger partial charge in [0, 0.05) is 20.3 Å². The zero-order valence-electron chi connectivity index (χ0n) is 19.0. The van der Waals surface area contributed by atoms with E-state index in [1.54, 1.807) is 12.2 Å². The minimum absolute atomic E-state index is 0.0644. The quantitative estimate of drug-likeness (QED) is 0.470. The van der Waals surface area contributed by atoms with Crippen molar-refractivity contribution in [3.05, 3.63) is 24.3 Å². The number of esters is 2. The number of ether oxygens (including phenoxy) is 2. The highest BCUT2D eigenvalue weighted by Gasteiger charge is 2.58. The van der Waals surface area contributed by atoms with Crippen molar-refractivity contribution in [3.63, 3.8) is 0 Å². The number of carbonyl (C=O) groups is 3. The molecular formula is C24H36O5. The second-order valence-electron chi connectivity index (χ2n) is 9.72. The number of hydrogen-bond donors (Lipinski definition) is 0. The number of ketones is 1. The topological polar surface area (TPSA) is 69.7 Å². The monoisotopic (exact) mass is 404 g/mol. The average Bonchev–Trinajstić information content (AvgIpc) is 2.60. The molecule has 0 unspecified atom stereocenters. The van der Waals surface area contributed by atoms with Crippen LogP contribution in [0.5, 0.6) is 0 Å². The Kier molecular flexibility index (Phi) is 6.51. The Labute approximate surface area is 174 Å². The molecule has 0 aromatic rings. The highest BCUT2D eigenvalue weighted by Crippen LogP contribution is 2.62. The van der Waals surface area contributed by atoms with Gasteiger partial charge in [0.1, 0.15) is 11.7 Å². The molecule has 1 saturated carbocycles. The number of allylic oxidation sites excluding steroid dienone is 2. The molecule has 2 aliphatic carbocycles. The zero-order chi connectivity index (χ0) is 22.2. The second kappa shape index (κ2) is 8.08. The first-order valence-corrected chi connectivity index (χ1v) is 10.5. The van der Waals surface area contributed by atoms with E-state index in [1.807, 2.05) is 13.8 Å². The molecule has 162 valence electrons. The summed E-state index contributed by atoms with van der Waals surface area (Å²) in [4.78, 5) is 35.8. The largest absolute Gasteiger partial charge is 0.462 e. The summed E-state index contributed by atoms with van der Waals surface area (Å²) in [5, 5.41) is 0. The van der Waals surface area contributed by atoms with Gasteiger partial charge in [-0.15, -0.1) is 0 Å². The molecule has 0 N–H and O–H groups in total. The van der Waals surface area contributed by atoms with Crippen LogP contribution in [0.25, 0.3) is 0 Å². The summed E-state index contributed by atoms with van der Waals surface area (Å²) >= 11 is 0. The van der Waals surface area contributed by atoms with Crippen LogP contribution in [-0.4, -0.2) is 29.4 Å². The maximum absolute atomic E-state index is 12.5. The van der Waals surface area contributed by atoms with Crippen molar-refractivity contribution in [3.8, 4) is 0 Å². The lowest BCUT2D eigenvalue weighted by atomic mass is 9.46. The van der Waals surface area contributed by atoms with E-state index in [4.69, 9.17) is 9.47 Å². The first kappa shape index (κ1) is 23.4. The van der Waals surface area contributed by atoms with Crippen LogP contribution in [0.2, 0.25) is 0 Å². The normalized spacial score (nSPS) is 36.3. The van der Waals surface area contributed by atoms with Crippen molar-refractivity contribution >= 4 is 17.7 Å². The van der Waals surface area contributed by atoms with Gasteiger partial charge in [-0.1, -0.05) is 32.9 Å². The minimum atomic E-state index is -0.775. The minimum Gasteiger partial charge on any atom is -0.462 e. The molecule has 0 radical (unpaired) electrons. The summed E-state index contributed by atoms with van der Waals surface area (Å²) < 4.78 is 11.3. The molecule has 2 rings (SSSR count). The Morgan fingerprint density at radius 2 is 1.93 bits per heavy atom. The molecule has 0 saturated heterocycles. The van der Waals surface area contributed by atoms with Crippen molar-refractivity contribution in [1.29, 1.82) is 0 Å². The van der Waals surface area contributed by atoms with E-state index in [0.717, 1.165) is 12.0 Å². The van der Waals surface area contributed by atoms with E-state index < -0.39 is 5.60 Å². The van der Waals surface area contributed by atoms with Crippen molar-refractivity contribution in [1.82, 2.24) is 0 Å². The van der Waals surface area contributed by atoms with Crippen LogP contribution in [0.3, 0.4) is 0 Å². The van der Waals surface area contributed by atoms with Crippen molar-refractivity contribution in [2.75, 3.05) is 0 Å². The van der Waals surface area contributed by atoms with Crippen molar-refractivity contribution < 1.29 is 23.9 Å². The second-order valence-corrected chi connectivity index (χ2v) is 9.72. The van der Waals surface area contributed by atoms with Gasteiger partial charge in [0.2, 0.25) is 0 Å². The fraction of sp³-hybridized carbons (Fsp3) is 0.708. The Hall–Kier alpha value is -1.91. The van der Waals surface area contributed by atoms with Gasteiger partial charge in [-0.05, 0) is 67.9 Å². The fourth-order valence-corrected chi connectivity index (χ4v) is 5.57. The number of fused-ring (bicyclic) bond motifs is 1. The molecule has 5 nitrogen and oxygen atoms in total. The predicted molar refractivity (Wildman–Crippen MR) is 112 cm³/mol. The third-order valence-corrected chi connectivity index (χ3v) is 7.76. The van der Waals surface area contributed by atoms with Gasteiger partial charge in [-0.2, -0.15) is 0 Å². The van der Waals surface area contributed by atoms with Crippen LogP contribution in [0, 0.1) is 22.7 Å². The highest BCUT2D eigenvalue weighted by atomic mass is 16.6. The van der Waals surface area contributed by atoms with Crippen LogP contribution < -0.4 is 0 Å². The van der Waals surface area contributed by atoms with Crippen molar-refractivity contribution in [2.24, 2.45) is 22.7 Å². The van der Waals surface area contributed by atoms with Gasteiger partial charge in [0.25, 0.3) is 0 Å². The van der Waals surface area contributed by atoms with Gasteiger partial charge in [-0.25, -0.2) is 0 Å². The van der Waals surface area contributed by atoms with E-state index in [2.05, 4.69) is 27.4 Å². The SMILES string of the molecule is C=C[C@](C)(CC[C@]1(C)[C@H](C)[C@H](OC(C)=O)C[C@@]2(C)C(C)=CC(=O)C[C@H]12)OC(C)=O. The van der Waals surface area contributed by atoms with E-state index in [9.17, 15) is 14.4 Å². The van der Waals surface area contributed by atoms with Gasteiger partial charge in [-0.3, -0.25) is 14.4 Å². The molecule has 0 bridgehead atoms. The Balaban J connectivity index is 2.45. The first-order valence-electron chi connectivity index (χ1n) is 10.5. The maximum atomic E-state index is 12.5. The number of hydrogen-bond acceptors (Lipinski definition) is 5. The molecule has 0 aromatic heterocycles. The van der Waals surface area contributed by atoms with Crippen LogP contribution in [-0.2, 0) is 23.9 Å². The fourth-order valence-electron chi connectivity index (χ4n) is 5.57. The molecule has 6 atom stereocenters. The lowest BCUT2D eigenvalue weighted by Gasteiger charge is -2.59. The smallest absolute Gasteiger partial charge is 0.303 e. The molecule has 0 aromatic carbocycles. The summed E-state index contributed by atoms with van der Waals surface area (Å²) in [6.45, 7) is 17.1. The number of rotatable bonds is 6. The molecule has 5 heteroatoms. The molecule has 29 heavy (non-hydrogen) atoms. The van der Waals surface area contributed by atoms with Crippen LogP contribution in [0.15, 0.2) is 24.3 Å². The van der Waals surface area contributed by atoms with E-state index in [-0.39, 0.29) is 46.5 Å². The Morgan fingerprint density at radius 1 is 1.31 bits per heavy atom. The van der Waals surface area contributed by atoms with Crippen LogP contribution in [0.1, 0.15) is 74.1 Å². The maximum Gasteiger partial charge on any atom is 0.303 e. The summed E-state index contributed by atoms with van der Waals surface area (Å²) in [5.41, 5.74) is -0.215. The molecule has 0 spiro atoms. The Morgan fingerprint density at radius 3 is 2.45 bits per heavy atom. The molecular weight excluding hydrogens is 368 g/mol. The van der Waals surface area contributed by atoms with Crippen LogP contribution >= 0.6 is 0 Å². The first-order chi connectivity index (χ1) is 13.3. The summed E-state index contributed by atoms with van der Waals surface area (Å²) in [6.07, 6.45) is 5.72. The van der Waals surface area contributed by atoms with Gasteiger partial charge in [0.05, 0.1) is 0 Å². The standard InChI is InChI=1S/C24H36O5/c1-9-22(6,29-18(5)26)10-11-23(7)16(3)20(28-17(4)25)14-24(8)15(2)12-19(27)13-21(23)24/h9,12,16,20-21H,1,10-11,13-14H2,2-8H3/t16-,20-,21-,22-,23-,24+/m1/s1.